The van der Waals surface area contributed by atoms with Crippen LogP contribution in [-0.4, -0.2) is 7.11 Å². The van der Waals surface area contributed by atoms with Crippen molar-refractivity contribution in [3.8, 4) is 0 Å². The maximum Gasteiger partial charge on any atom is 0.118 e. The summed E-state index contributed by atoms with van der Waals surface area (Å²) in [6, 6.07) is 0. The van der Waals surface area contributed by atoms with Gasteiger partial charge in [-0.3, -0.25) is 0 Å². The lowest BCUT2D eigenvalue weighted by molar-refractivity contribution is 0.307. The molecule has 0 N–H and O–H groups in total. The molecule has 1 nitrogen and oxygen atoms in total. The van der Waals surface area contributed by atoms with Crippen LogP contribution in [0, 0.1) is 5.41 Å². The predicted molar refractivity (Wildman–Crippen MR) is 85.8 cm³/mol. The van der Waals surface area contributed by atoms with Gasteiger partial charge in [-0.25, -0.2) is 0 Å². The van der Waals surface area contributed by atoms with Crippen molar-refractivity contribution in [1.29, 1.82) is 0 Å². The molecule has 108 valence electrons. The highest BCUT2D eigenvalue weighted by atomic mass is 16.5. The van der Waals surface area contributed by atoms with E-state index in [0.29, 0.717) is 5.41 Å². The van der Waals surface area contributed by atoms with Crippen LogP contribution in [0.15, 0.2) is 36.1 Å². The molecule has 18 heavy (non-hydrogen) atoms. The molecule has 0 fully saturated rings. The van der Waals surface area contributed by atoms with Crippen molar-refractivity contribution in [2.75, 3.05) is 7.11 Å². The van der Waals surface area contributed by atoms with Gasteiger partial charge in [0.05, 0.1) is 7.11 Å². The summed E-state index contributed by atoms with van der Waals surface area (Å²) in [5.41, 5.74) is 0.542. The van der Waals surface area contributed by atoms with Crippen molar-refractivity contribution < 1.29 is 4.74 Å². The Morgan fingerprint density at radius 2 is 1.50 bits per heavy atom. The molecule has 0 aromatic carbocycles. The zero-order chi connectivity index (χ0) is 15.0. The van der Waals surface area contributed by atoms with Gasteiger partial charge < -0.3 is 4.74 Å². The largest absolute Gasteiger partial charge is 0.497 e. The van der Waals surface area contributed by atoms with E-state index in [1.54, 1.807) is 7.11 Å². The SMILES string of the molecule is CC.CCC(C)(C)C.C\C=C/C=C(\C=C/C)OC. The highest BCUT2D eigenvalue weighted by Crippen LogP contribution is 2.16. The van der Waals surface area contributed by atoms with Crippen LogP contribution in [0.25, 0.3) is 0 Å². The molecule has 0 spiro atoms. The summed E-state index contributed by atoms with van der Waals surface area (Å²) < 4.78 is 5.02. The van der Waals surface area contributed by atoms with Gasteiger partial charge >= 0.3 is 0 Å². The summed E-state index contributed by atoms with van der Waals surface area (Å²) in [5, 5.41) is 0. The van der Waals surface area contributed by atoms with Crippen LogP contribution in [0.5, 0.6) is 0 Å². The normalized spacial score (nSPS) is 11.7. The summed E-state index contributed by atoms with van der Waals surface area (Å²) in [7, 11) is 1.66. The Hall–Kier alpha value is -0.980. The van der Waals surface area contributed by atoms with Crippen LogP contribution >= 0.6 is 0 Å². The van der Waals surface area contributed by atoms with Gasteiger partial charge in [-0.1, -0.05) is 66.2 Å². The minimum Gasteiger partial charge on any atom is -0.497 e. The first-order valence-electron chi connectivity index (χ1n) is 6.91. The van der Waals surface area contributed by atoms with E-state index < -0.39 is 0 Å². The molecule has 0 aliphatic heterocycles. The highest BCUT2D eigenvalue weighted by molar-refractivity contribution is 5.17. The molecule has 0 aromatic heterocycles. The molecule has 1 heteroatoms. The molecule has 0 radical (unpaired) electrons. The Morgan fingerprint density at radius 1 is 1.06 bits per heavy atom. The predicted octanol–water partition coefficient (Wildman–Crippen LogP) is 6.14. The minimum atomic E-state index is 0.542. The second-order valence-corrected chi connectivity index (χ2v) is 4.71. The highest BCUT2D eigenvalue weighted by Gasteiger charge is 2.03. The lowest BCUT2D eigenvalue weighted by atomic mass is 9.94. The van der Waals surface area contributed by atoms with Crippen molar-refractivity contribution in [3.63, 3.8) is 0 Å². The van der Waals surface area contributed by atoms with Gasteiger partial charge in [0.15, 0.2) is 0 Å². The summed E-state index contributed by atoms with van der Waals surface area (Å²) in [5.74, 6) is 0.876. The molecule has 0 aliphatic carbocycles. The van der Waals surface area contributed by atoms with Crippen LogP contribution in [-0.2, 0) is 4.74 Å². The Labute approximate surface area is 116 Å². The van der Waals surface area contributed by atoms with Crippen molar-refractivity contribution in [2.45, 2.75) is 61.8 Å². The molecule has 0 aromatic rings. The average molecular weight is 254 g/mol. The monoisotopic (exact) mass is 254 g/mol. The van der Waals surface area contributed by atoms with Crippen molar-refractivity contribution in [2.24, 2.45) is 5.41 Å². The first-order valence-corrected chi connectivity index (χ1v) is 6.91. The molecule has 0 rings (SSSR count). The fourth-order valence-electron chi connectivity index (χ4n) is 0.547. The lowest BCUT2D eigenvalue weighted by Gasteiger charge is -2.12. The molecular formula is C17H34O. The molecule has 0 saturated heterocycles. The minimum absolute atomic E-state index is 0.542. The molecule has 0 saturated carbocycles. The van der Waals surface area contributed by atoms with Crippen molar-refractivity contribution in [1.82, 2.24) is 0 Å². The fourth-order valence-corrected chi connectivity index (χ4v) is 0.547. The Balaban J connectivity index is -0.000000241. The third-order valence-electron chi connectivity index (χ3n) is 2.08. The standard InChI is InChI=1S/C9H14O.C6H14.C2H6/c1-4-6-8-9(10-3)7-5-2;1-5-6(2,3)4;1-2/h4-8H,1-3H3;5H2,1-4H3;1-2H3/b6-4-,7-5-,9-8+;;. The molecule has 0 heterocycles. The summed E-state index contributed by atoms with van der Waals surface area (Å²) >= 11 is 0. The third kappa shape index (κ3) is 24.3. The number of rotatable bonds is 3. The molecule has 0 atom stereocenters. The van der Waals surface area contributed by atoms with Gasteiger partial charge in [0.1, 0.15) is 5.76 Å². The average Bonchev–Trinajstić information content (AvgIpc) is 2.37. The maximum absolute atomic E-state index is 5.02. The Bertz CT molecular complexity index is 226. The van der Waals surface area contributed by atoms with E-state index in [9.17, 15) is 0 Å². The van der Waals surface area contributed by atoms with Crippen LogP contribution in [0.4, 0.5) is 0 Å². The zero-order valence-corrected chi connectivity index (χ0v) is 14.0. The van der Waals surface area contributed by atoms with Gasteiger partial charge in [-0.05, 0) is 31.4 Å². The van der Waals surface area contributed by atoms with E-state index in [1.165, 1.54) is 6.42 Å². The van der Waals surface area contributed by atoms with Crippen molar-refractivity contribution in [3.05, 3.63) is 36.1 Å². The zero-order valence-electron chi connectivity index (χ0n) is 14.0. The van der Waals surface area contributed by atoms with E-state index in [1.807, 2.05) is 58.1 Å². The van der Waals surface area contributed by atoms with E-state index in [-0.39, 0.29) is 0 Å². The van der Waals surface area contributed by atoms with Crippen LogP contribution in [0.3, 0.4) is 0 Å². The maximum atomic E-state index is 5.02. The number of hydrogen-bond donors (Lipinski definition) is 0. The fraction of sp³-hybridized carbons (Fsp3) is 0.647. The topological polar surface area (TPSA) is 9.23 Å². The van der Waals surface area contributed by atoms with Gasteiger partial charge in [-0.2, -0.15) is 0 Å². The third-order valence-corrected chi connectivity index (χ3v) is 2.08. The molecular weight excluding hydrogens is 220 g/mol. The Kier molecular flexibility index (Phi) is 19.8. The quantitative estimate of drug-likeness (QED) is 0.434. The number of allylic oxidation sites excluding steroid dienone is 5. The van der Waals surface area contributed by atoms with Crippen LogP contribution in [0.2, 0.25) is 0 Å². The van der Waals surface area contributed by atoms with Crippen LogP contribution < -0.4 is 0 Å². The lowest BCUT2D eigenvalue weighted by Crippen LogP contribution is -2.00. The summed E-state index contributed by atoms with van der Waals surface area (Å²) in [6.07, 6.45) is 11.0. The molecule has 0 aliphatic rings. The first-order chi connectivity index (χ1) is 8.41. The second kappa shape index (κ2) is 16.0. The van der Waals surface area contributed by atoms with Gasteiger partial charge in [0, 0.05) is 0 Å². The van der Waals surface area contributed by atoms with E-state index in [0.717, 1.165) is 5.76 Å². The second-order valence-electron chi connectivity index (χ2n) is 4.71. The number of ether oxygens (including phenoxy) is 1. The first kappa shape index (κ1) is 22.2. The van der Waals surface area contributed by atoms with Gasteiger partial charge in [-0.15, -0.1) is 0 Å². The van der Waals surface area contributed by atoms with Crippen LogP contribution in [0.1, 0.15) is 61.8 Å². The van der Waals surface area contributed by atoms with E-state index in [2.05, 4.69) is 27.7 Å². The summed E-state index contributed by atoms with van der Waals surface area (Å²) in [6.45, 7) is 16.9. The van der Waals surface area contributed by atoms with Gasteiger partial charge in [0.25, 0.3) is 0 Å². The molecule has 0 amide bonds. The molecule has 0 bridgehead atoms. The summed E-state index contributed by atoms with van der Waals surface area (Å²) in [4.78, 5) is 0. The number of methoxy groups -OCH3 is 1. The van der Waals surface area contributed by atoms with E-state index >= 15 is 0 Å². The number of hydrogen-bond acceptors (Lipinski definition) is 1. The smallest absolute Gasteiger partial charge is 0.118 e. The molecule has 0 unspecified atom stereocenters. The van der Waals surface area contributed by atoms with Gasteiger partial charge in [0.2, 0.25) is 0 Å². The Morgan fingerprint density at radius 3 is 1.72 bits per heavy atom. The van der Waals surface area contributed by atoms with E-state index in [4.69, 9.17) is 4.74 Å². The van der Waals surface area contributed by atoms with Crippen molar-refractivity contribution >= 4 is 0 Å².